The standard InChI is InChI=1S/C16H24N6/c1-2-13-10-15(22-16(19-13)17-12-18-22)21-9-5-6-14(11-21)20-7-3-4-8-20/h10,12,14H,2-9,11H2,1H3/t14-/m0/s1. The van der Waals surface area contributed by atoms with Crippen molar-refractivity contribution in [3.63, 3.8) is 0 Å². The van der Waals surface area contributed by atoms with E-state index in [-0.39, 0.29) is 0 Å². The summed E-state index contributed by atoms with van der Waals surface area (Å²) in [7, 11) is 0. The molecule has 2 fully saturated rings. The fourth-order valence-electron chi connectivity index (χ4n) is 3.82. The number of piperidine rings is 1. The first-order chi connectivity index (χ1) is 10.8. The van der Waals surface area contributed by atoms with Crippen LogP contribution in [0.15, 0.2) is 12.4 Å². The lowest BCUT2D eigenvalue weighted by molar-refractivity contribution is 0.215. The highest BCUT2D eigenvalue weighted by molar-refractivity contribution is 5.48. The van der Waals surface area contributed by atoms with Gasteiger partial charge in [-0.05, 0) is 45.2 Å². The van der Waals surface area contributed by atoms with Crippen LogP contribution in [0, 0.1) is 0 Å². The van der Waals surface area contributed by atoms with Crippen LogP contribution in [0.4, 0.5) is 5.82 Å². The molecule has 0 saturated carbocycles. The Morgan fingerprint density at radius 2 is 2.05 bits per heavy atom. The maximum atomic E-state index is 4.56. The largest absolute Gasteiger partial charge is 0.355 e. The summed E-state index contributed by atoms with van der Waals surface area (Å²) < 4.78 is 1.89. The minimum atomic E-state index is 0.688. The molecule has 4 heterocycles. The number of likely N-dealkylation sites (tertiary alicyclic amines) is 1. The molecule has 22 heavy (non-hydrogen) atoms. The maximum absolute atomic E-state index is 4.56. The topological polar surface area (TPSA) is 49.6 Å². The average Bonchev–Trinajstić information content (AvgIpc) is 3.25. The molecule has 2 aromatic rings. The summed E-state index contributed by atoms with van der Waals surface area (Å²) in [4.78, 5) is 14.0. The summed E-state index contributed by atoms with van der Waals surface area (Å²) in [5, 5.41) is 4.38. The van der Waals surface area contributed by atoms with Gasteiger partial charge in [0.05, 0.1) is 0 Å². The number of nitrogens with zero attached hydrogens (tertiary/aromatic N) is 6. The first kappa shape index (κ1) is 13.9. The Morgan fingerprint density at radius 1 is 1.18 bits per heavy atom. The van der Waals surface area contributed by atoms with Crippen LogP contribution in [0.1, 0.15) is 38.3 Å². The monoisotopic (exact) mass is 300 g/mol. The number of hydrogen-bond acceptors (Lipinski definition) is 5. The molecule has 0 unspecified atom stereocenters. The van der Waals surface area contributed by atoms with E-state index < -0.39 is 0 Å². The highest BCUT2D eigenvalue weighted by Crippen LogP contribution is 2.25. The zero-order chi connectivity index (χ0) is 14.9. The number of aryl methyl sites for hydroxylation is 1. The molecular formula is C16H24N6. The molecule has 0 amide bonds. The second-order valence-corrected chi connectivity index (χ2v) is 6.42. The third-order valence-corrected chi connectivity index (χ3v) is 5.03. The Balaban J connectivity index is 1.64. The van der Waals surface area contributed by atoms with E-state index in [1.807, 2.05) is 4.52 Å². The van der Waals surface area contributed by atoms with Crippen LogP contribution < -0.4 is 4.90 Å². The Morgan fingerprint density at radius 3 is 2.86 bits per heavy atom. The van der Waals surface area contributed by atoms with Gasteiger partial charge in [0.1, 0.15) is 12.1 Å². The van der Waals surface area contributed by atoms with Gasteiger partial charge >= 0.3 is 0 Å². The molecule has 4 rings (SSSR count). The highest BCUT2D eigenvalue weighted by Gasteiger charge is 2.28. The fourth-order valence-corrected chi connectivity index (χ4v) is 3.82. The molecule has 2 aliphatic heterocycles. The summed E-state index contributed by atoms with van der Waals surface area (Å²) in [6, 6.07) is 2.88. The predicted octanol–water partition coefficient (Wildman–Crippen LogP) is 1.75. The lowest BCUT2D eigenvalue weighted by Gasteiger charge is -2.38. The van der Waals surface area contributed by atoms with Crippen molar-refractivity contribution in [3.8, 4) is 0 Å². The van der Waals surface area contributed by atoms with Crippen molar-refractivity contribution in [2.45, 2.75) is 45.1 Å². The number of anilines is 1. The zero-order valence-electron chi connectivity index (χ0n) is 13.3. The normalized spacial score (nSPS) is 23.5. The minimum Gasteiger partial charge on any atom is -0.355 e. The smallest absolute Gasteiger partial charge is 0.254 e. The number of aromatic nitrogens is 4. The van der Waals surface area contributed by atoms with Crippen molar-refractivity contribution < 1.29 is 0 Å². The lowest BCUT2D eigenvalue weighted by Crippen LogP contribution is -2.47. The summed E-state index contributed by atoms with van der Waals surface area (Å²) in [6.45, 7) is 6.89. The molecule has 6 nitrogen and oxygen atoms in total. The fraction of sp³-hybridized carbons (Fsp3) is 0.688. The van der Waals surface area contributed by atoms with Crippen LogP contribution in [-0.2, 0) is 6.42 Å². The van der Waals surface area contributed by atoms with Crippen LogP contribution in [0.5, 0.6) is 0 Å². The molecule has 1 atom stereocenters. The van der Waals surface area contributed by atoms with Crippen molar-refractivity contribution in [1.29, 1.82) is 0 Å². The molecule has 2 saturated heterocycles. The number of fused-ring (bicyclic) bond motifs is 1. The van der Waals surface area contributed by atoms with Gasteiger partial charge in [-0.1, -0.05) is 6.92 Å². The van der Waals surface area contributed by atoms with Crippen LogP contribution in [-0.4, -0.2) is 56.7 Å². The molecular weight excluding hydrogens is 276 g/mol. The molecule has 118 valence electrons. The number of hydrogen-bond donors (Lipinski definition) is 0. The summed E-state index contributed by atoms with van der Waals surface area (Å²) in [5.41, 5.74) is 1.10. The second-order valence-electron chi connectivity index (χ2n) is 6.42. The van der Waals surface area contributed by atoms with Gasteiger partial charge in [-0.2, -0.15) is 14.6 Å². The predicted molar refractivity (Wildman–Crippen MR) is 86.2 cm³/mol. The van der Waals surface area contributed by atoms with Crippen LogP contribution >= 0.6 is 0 Å². The zero-order valence-corrected chi connectivity index (χ0v) is 13.3. The highest BCUT2D eigenvalue weighted by atomic mass is 15.4. The second kappa shape index (κ2) is 5.83. The van der Waals surface area contributed by atoms with E-state index in [2.05, 4.69) is 37.9 Å². The van der Waals surface area contributed by atoms with E-state index in [9.17, 15) is 0 Å². The maximum Gasteiger partial charge on any atom is 0.254 e. The molecule has 2 aromatic heterocycles. The van der Waals surface area contributed by atoms with Crippen molar-refractivity contribution in [3.05, 3.63) is 18.1 Å². The summed E-state index contributed by atoms with van der Waals surface area (Å²) >= 11 is 0. The first-order valence-electron chi connectivity index (χ1n) is 8.54. The van der Waals surface area contributed by atoms with E-state index >= 15 is 0 Å². The molecule has 6 heteroatoms. The summed E-state index contributed by atoms with van der Waals surface area (Å²) in [6.07, 6.45) is 7.83. The molecule has 2 aliphatic rings. The lowest BCUT2D eigenvalue weighted by atomic mass is 10.0. The quantitative estimate of drug-likeness (QED) is 0.864. The average molecular weight is 300 g/mol. The third kappa shape index (κ3) is 2.45. The minimum absolute atomic E-state index is 0.688. The van der Waals surface area contributed by atoms with Gasteiger partial charge in [0.15, 0.2) is 0 Å². The van der Waals surface area contributed by atoms with Crippen molar-refractivity contribution >= 4 is 11.6 Å². The van der Waals surface area contributed by atoms with Crippen molar-refractivity contribution in [2.24, 2.45) is 0 Å². The van der Waals surface area contributed by atoms with Gasteiger partial charge in [0.2, 0.25) is 0 Å². The molecule has 0 radical (unpaired) electrons. The van der Waals surface area contributed by atoms with Gasteiger partial charge in [-0.25, -0.2) is 4.98 Å². The van der Waals surface area contributed by atoms with Gasteiger partial charge in [-0.3, -0.25) is 4.90 Å². The van der Waals surface area contributed by atoms with Crippen LogP contribution in [0.2, 0.25) is 0 Å². The Labute approximate surface area is 131 Å². The first-order valence-corrected chi connectivity index (χ1v) is 8.54. The van der Waals surface area contributed by atoms with Gasteiger partial charge in [0.25, 0.3) is 5.78 Å². The van der Waals surface area contributed by atoms with E-state index in [4.69, 9.17) is 0 Å². The van der Waals surface area contributed by atoms with Crippen LogP contribution in [0.3, 0.4) is 0 Å². The van der Waals surface area contributed by atoms with Crippen LogP contribution in [0.25, 0.3) is 5.78 Å². The van der Waals surface area contributed by atoms with Gasteiger partial charge in [0, 0.05) is 30.9 Å². The third-order valence-electron chi connectivity index (χ3n) is 5.03. The van der Waals surface area contributed by atoms with Gasteiger partial charge in [-0.15, -0.1) is 0 Å². The van der Waals surface area contributed by atoms with Crippen molar-refractivity contribution in [1.82, 2.24) is 24.5 Å². The Bertz CT molecular complexity index is 645. The molecule has 0 aromatic carbocycles. The van der Waals surface area contributed by atoms with E-state index in [1.54, 1.807) is 6.33 Å². The van der Waals surface area contributed by atoms with E-state index in [1.165, 1.54) is 38.8 Å². The van der Waals surface area contributed by atoms with E-state index in [0.717, 1.165) is 36.8 Å². The number of rotatable bonds is 3. The van der Waals surface area contributed by atoms with E-state index in [0.29, 0.717) is 6.04 Å². The summed E-state index contributed by atoms with van der Waals surface area (Å²) in [5.74, 6) is 1.88. The van der Waals surface area contributed by atoms with Crippen molar-refractivity contribution in [2.75, 3.05) is 31.1 Å². The molecule has 0 aliphatic carbocycles. The van der Waals surface area contributed by atoms with Gasteiger partial charge < -0.3 is 4.90 Å². The molecule has 0 N–H and O–H groups in total. The molecule has 0 bridgehead atoms. The Kier molecular flexibility index (Phi) is 3.70. The Hall–Kier alpha value is -1.69. The SMILES string of the molecule is CCc1cc(N2CCC[C@H](N3CCCC3)C2)n2ncnc2n1. The molecule has 0 spiro atoms.